The van der Waals surface area contributed by atoms with E-state index in [4.69, 9.17) is 14.2 Å². The third-order valence-electron chi connectivity index (χ3n) is 5.30. The third-order valence-corrected chi connectivity index (χ3v) is 5.30. The van der Waals surface area contributed by atoms with Gasteiger partial charge in [0.2, 0.25) is 0 Å². The highest BCUT2D eigenvalue weighted by Crippen LogP contribution is 2.52. The molecule has 1 aliphatic rings. The van der Waals surface area contributed by atoms with Crippen LogP contribution in [0.15, 0.2) is 48.0 Å². The van der Waals surface area contributed by atoms with E-state index in [0.717, 1.165) is 23.7 Å². The van der Waals surface area contributed by atoms with Gasteiger partial charge in [-0.2, -0.15) is 0 Å². The topological polar surface area (TPSA) is 27.7 Å². The lowest BCUT2D eigenvalue weighted by Crippen LogP contribution is -2.08. The van der Waals surface area contributed by atoms with Crippen LogP contribution in [0.3, 0.4) is 0 Å². The second-order valence-electron chi connectivity index (χ2n) is 6.50. The van der Waals surface area contributed by atoms with Crippen molar-refractivity contribution in [2.24, 2.45) is 0 Å². The molecular weight excluding hydrogens is 312 g/mol. The predicted molar refractivity (Wildman–Crippen MR) is 101 cm³/mol. The molecule has 25 heavy (non-hydrogen) atoms. The van der Waals surface area contributed by atoms with Crippen molar-refractivity contribution in [2.45, 2.75) is 32.1 Å². The van der Waals surface area contributed by atoms with Gasteiger partial charge in [-0.3, -0.25) is 0 Å². The largest absolute Gasteiger partial charge is 0.497 e. The van der Waals surface area contributed by atoms with Gasteiger partial charge in [0.05, 0.1) is 21.3 Å². The van der Waals surface area contributed by atoms with Crippen LogP contribution in [0.2, 0.25) is 0 Å². The maximum atomic E-state index is 5.72. The number of hydrogen-bond donors (Lipinski definition) is 0. The third kappa shape index (κ3) is 3.11. The highest BCUT2D eigenvalue weighted by Gasteiger charge is 2.37. The van der Waals surface area contributed by atoms with Gasteiger partial charge in [0.25, 0.3) is 0 Å². The fourth-order valence-electron chi connectivity index (χ4n) is 3.91. The Morgan fingerprint density at radius 3 is 2.20 bits per heavy atom. The molecule has 0 saturated heterocycles. The van der Waals surface area contributed by atoms with Crippen molar-refractivity contribution in [3.05, 3.63) is 64.7 Å². The summed E-state index contributed by atoms with van der Waals surface area (Å²) in [6.45, 7) is 4.31. The Kier molecular flexibility index (Phi) is 5.03. The maximum absolute atomic E-state index is 5.72. The second-order valence-corrected chi connectivity index (χ2v) is 6.50. The van der Waals surface area contributed by atoms with Crippen LogP contribution < -0.4 is 14.2 Å². The van der Waals surface area contributed by atoms with E-state index in [1.165, 1.54) is 22.3 Å². The zero-order valence-corrected chi connectivity index (χ0v) is 15.6. The summed E-state index contributed by atoms with van der Waals surface area (Å²) in [5.74, 6) is 3.35. The molecule has 0 spiro atoms. The standard InChI is InChI=1S/C22H26O3/c1-6-14(2)21-19(15-7-9-17(23-3)10-8-15)12-16-11-18(24-4)13-20(25-5)22(16)21/h6-11,13,19,21H,12H2,1-5H3/b14-6+/t19-,21-/m1/s1. The van der Waals surface area contributed by atoms with Crippen LogP contribution in [0.1, 0.15) is 42.4 Å². The second kappa shape index (κ2) is 7.22. The predicted octanol–water partition coefficient (Wildman–Crippen LogP) is 5.10. The van der Waals surface area contributed by atoms with Gasteiger partial charge in [-0.1, -0.05) is 23.8 Å². The van der Waals surface area contributed by atoms with Crippen LogP contribution >= 0.6 is 0 Å². The molecule has 2 aromatic rings. The van der Waals surface area contributed by atoms with Gasteiger partial charge >= 0.3 is 0 Å². The van der Waals surface area contributed by atoms with Crippen LogP contribution in [-0.2, 0) is 6.42 Å². The highest BCUT2D eigenvalue weighted by molar-refractivity contribution is 5.57. The molecule has 2 aromatic carbocycles. The van der Waals surface area contributed by atoms with Gasteiger partial charge in [-0.15, -0.1) is 0 Å². The van der Waals surface area contributed by atoms with E-state index in [9.17, 15) is 0 Å². The van der Waals surface area contributed by atoms with Crippen LogP contribution in [0, 0.1) is 0 Å². The number of methoxy groups -OCH3 is 3. The molecule has 0 radical (unpaired) electrons. The number of ether oxygens (including phenoxy) is 3. The Morgan fingerprint density at radius 1 is 0.960 bits per heavy atom. The van der Waals surface area contributed by atoms with Gasteiger partial charge < -0.3 is 14.2 Å². The lowest BCUT2D eigenvalue weighted by Gasteiger charge is -2.23. The summed E-state index contributed by atoms with van der Waals surface area (Å²) in [7, 11) is 5.13. The molecule has 0 aliphatic heterocycles. The smallest absolute Gasteiger partial charge is 0.126 e. The van der Waals surface area contributed by atoms with E-state index < -0.39 is 0 Å². The lowest BCUT2D eigenvalue weighted by molar-refractivity contribution is 0.390. The molecule has 0 heterocycles. The van der Waals surface area contributed by atoms with Crippen molar-refractivity contribution in [1.82, 2.24) is 0 Å². The molecule has 0 N–H and O–H groups in total. The minimum atomic E-state index is 0.314. The number of allylic oxidation sites excluding steroid dienone is 2. The molecule has 0 fully saturated rings. The molecule has 3 nitrogen and oxygen atoms in total. The van der Waals surface area contributed by atoms with Gasteiger partial charge in [0.15, 0.2) is 0 Å². The SMILES string of the molecule is C/C=C(\C)[C@H]1c2c(cc(OC)cc2OC)C[C@@H]1c1ccc(OC)cc1. The van der Waals surface area contributed by atoms with Gasteiger partial charge in [0, 0.05) is 17.5 Å². The molecule has 132 valence electrons. The molecule has 0 aromatic heterocycles. The van der Waals surface area contributed by atoms with E-state index in [2.05, 4.69) is 38.1 Å². The zero-order chi connectivity index (χ0) is 18.0. The number of rotatable bonds is 5. The van der Waals surface area contributed by atoms with Crippen molar-refractivity contribution in [3.8, 4) is 17.2 Å². The Hall–Kier alpha value is -2.42. The number of fused-ring (bicyclic) bond motifs is 1. The quantitative estimate of drug-likeness (QED) is 0.710. The van der Waals surface area contributed by atoms with E-state index >= 15 is 0 Å². The Morgan fingerprint density at radius 2 is 1.64 bits per heavy atom. The Balaban J connectivity index is 2.11. The molecule has 0 unspecified atom stereocenters. The average molecular weight is 338 g/mol. The molecular formula is C22H26O3. The first-order valence-electron chi connectivity index (χ1n) is 8.64. The summed E-state index contributed by atoms with van der Waals surface area (Å²) in [6, 6.07) is 12.6. The van der Waals surface area contributed by atoms with Crippen molar-refractivity contribution < 1.29 is 14.2 Å². The van der Waals surface area contributed by atoms with E-state index in [1.54, 1.807) is 21.3 Å². The first-order valence-corrected chi connectivity index (χ1v) is 8.64. The molecule has 3 rings (SSSR count). The molecule has 2 atom stereocenters. The maximum Gasteiger partial charge on any atom is 0.126 e. The molecule has 0 saturated carbocycles. The first-order chi connectivity index (χ1) is 12.1. The monoisotopic (exact) mass is 338 g/mol. The summed E-state index contributed by atoms with van der Waals surface area (Å²) >= 11 is 0. The zero-order valence-electron chi connectivity index (χ0n) is 15.6. The minimum Gasteiger partial charge on any atom is -0.497 e. The van der Waals surface area contributed by atoms with Crippen LogP contribution in [0.4, 0.5) is 0 Å². The van der Waals surface area contributed by atoms with Gasteiger partial charge in [-0.25, -0.2) is 0 Å². The number of benzene rings is 2. The normalized spacial score (nSPS) is 19.5. The summed E-state index contributed by atoms with van der Waals surface area (Å²) in [6.07, 6.45) is 3.19. The summed E-state index contributed by atoms with van der Waals surface area (Å²) in [5.41, 5.74) is 5.29. The summed E-state index contributed by atoms with van der Waals surface area (Å²) < 4.78 is 16.5. The minimum absolute atomic E-state index is 0.314. The summed E-state index contributed by atoms with van der Waals surface area (Å²) in [4.78, 5) is 0. The Labute approximate surface area is 150 Å². The number of hydrogen-bond acceptors (Lipinski definition) is 3. The van der Waals surface area contributed by atoms with Crippen LogP contribution in [0.5, 0.6) is 17.2 Å². The molecule has 3 heteroatoms. The van der Waals surface area contributed by atoms with Crippen molar-refractivity contribution >= 4 is 0 Å². The van der Waals surface area contributed by atoms with Crippen molar-refractivity contribution in [2.75, 3.05) is 21.3 Å². The van der Waals surface area contributed by atoms with Gasteiger partial charge in [-0.05, 0) is 55.5 Å². The molecule has 1 aliphatic carbocycles. The van der Waals surface area contributed by atoms with Gasteiger partial charge in [0.1, 0.15) is 17.2 Å². The van der Waals surface area contributed by atoms with Crippen molar-refractivity contribution in [3.63, 3.8) is 0 Å². The fourth-order valence-corrected chi connectivity index (χ4v) is 3.91. The fraction of sp³-hybridized carbons (Fsp3) is 0.364. The van der Waals surface area contributed by atoms with Crippen LogP contribution in [0.25, 0.3) is 0 Å². The molecule has 0 amide bonds. The van der Waals surface area contributed by atoms with Crippen LogP contribution in [-0.4, -0.2) is 21.3 Å². The highest BCUT2D eigenvalue weighted by atomic mass is 16.5. The Bertz CT molecular complexity index is 775. The van der Waals surface area contributed by atoms with E-state index in [1.807, 2.05) is 18.2 Å². The first kappa shape index (κ1) is 17.4. The summed E-state index contributed by atoms with van der Waals surface area (Å²) in [5, 5.41) is 0. The average Bonchev–Trinajstić information content (AvgIpc) is 3.05. The lowest BCUT2D eigenvalue weighted by atomic mass is 9.81. The van der Waals surface area contributed by atoms with Crippen molar-refractivity contribution in [1.29, 1.82) is 0 Å². The van der Waals surface area contributed by atoms with E-state index in [-0.39, 0.29) is 0 Å². The van der Waals surface area contributed by atoms with E-state index in [0.29, 0.717) is 11.8 Å². The molecule has 0 bridgehead atoms.